The van der Waals surface area contributed by atoms with Crippen LogP contribution in [0.25, 0.3) is 0 Å². The predicted molar refractivity (Wildman–Crippen MR) is 80.2 cm³/mol. The summed E-state index contributed by atoms with van der Waals surface area (Å²) in [6, 6.07) is 11.8. The number of carbonyl (C=O) groups is 1. The van der Waals surface area contributed by atoms with Gasteiger partial charge in [0.05, 0.1) is 18.2 Å². The number of furan rings is 1. The molecule has 0 saturated heterocycles. The van der Waals surface area contributed by atoms with Gasteiger partial charge in [0.25, 0.3) is 0 Å². The quantitative estimate of drug-likeness (QED) is 0.925. The van der Waals surface area contributed by atoms with Crippen molar-refractivity contribution in [1.29, 1.82) is 0 Å². The van der Waals surface area contributed by atoms with E-state index in [1.54, 1.807) is 6.26 Å². The van der Waals surface area contributed by atoms with Gasteiger partial charge in [-0.05, 0) is 42.7 Å². The largest absolute Gasteiger partial charge is 0.467 e. The monoisotopic (exact) mass is 333 g/mol. The molecule has 1 fully saturated rings. The molecule has 0 spiro atoms. The smallest absolute Gasteiger partial charge is 0.231 e. The van der Waals surface area contributed by atoms with Gasteiger partial charge in [0, 0.05) is 4.47 Å². The lowest BCUT2D eigenvalue weighted by molar-refractivity contribution is -0.130. The molecule has 1 amide bonds. The Hall–Kier alpha value is -1.55. The van der Waals surface area contributed by atoms with Crippen LogP contribution in [-0.4, -0.2) is 5.91 Å². The number of halogens is 1. The summed E-state index contributed by atoms with van der Waals surface area (Å²) in [4.78, 5) is 12.6. The lowest BCUT2D eigenvalue weighted by Crippen LogP contribution is -2.48. The Morgan fingerprint density at radius 3 is 2.55 bits per heavy atom. The number of benzene rings is 1. The third-order valence-electron chi connectivity index (χ3n) is 4.04. The summed E-state index contributed by atoms with van der Waals surface area (Å²) >= 11 is 3.43. The van der Waals surface area contributed by atoms with Crippen molar-refractivity contribution in [2.75, 3.05) is 0 Å². The van der Waals surface area contributed by atoms with Gasteiger partial charge in [0.15, 0.2) is 0 Å². The summed E-state index contributed by atoms with van der Waals surface area (Å²) in [7, 11) is 0. The van der Waals surface area contributed by atoms with E-state index in [4.69, 9.17) is 4.42 Å². The summed E-state index contributed by atoms with van der Waals surface area (Å²) in [6.45, 7) is 0.449. The number of carbonyl (C=O) groups excluding carboxylic acids is 1. The molecule has 0 aliphatic heterocycles. The Morgan fingerprint density at radius 1 is 1.25 bits per heavy atom. The normalized spacial score (nSPS) is 16.4. The van der Waals surface area contributed by atoms with Gasteiger partial charge in [-0.2, -0.15) is 0 Å². The molecule has 0 atom stereocenters. The van der Waals surface area contributed by atoms with Gasteiger partial charge >= 0.3 is 0 Å². The number of hydrogen-bond donors (Lipinski definition) is 1. The van der Waals surface area contributed by atoms with Crippen molar-refractivity contribution < 1.29 is 9.21 Å². The van der Waals surface area contributed by atoms with Crippen LogP contribution in [0.5, 0.6) is 0 Å². The standard InChI is InChI=1S/C16H16BrNO2/c17-13-6-4-12(5-7-13)16(8-2-9-16)15(19)18-11-14-3-1-10-20-14/h1,3-7,10H,2,8-9,11H2,(H,18,19). The summed E-state index contributed by atoms with van der Waals surface area (Å²) < 4.78 is 6.28. The summed E-state index contributed by atoms with van der Waals surface area (Å²) in [6.07, 6.45) is 4.55. The van der Waals surface area contributed by atoms with Crippen molar-refractivity contribution >= 4 is 21.8 Å². The fourth-order valence-electron chi connectivity index (χ4n) is 2.70. The second kappa shape index (κ2) is 5.44. The Kier molecular flexibility index (Phi) is 3.66. The lowest BCUT2D eigenvalue weighted by Gasteiger charge is -2.40. The molecule has 3 rings (SSSR count). The van der Waals surface area contributed by atoms with E-state index < -0.39 is 0 Å². The maximum Gasteiger partial charge on any atom is 0.231 e. The zero-order valence-electron chi connectivity index (χ0n) is 11.1. The highest BCUT2D eigenvalue weighted by Crippen LogP contribution is 2.44. The molecule has 1 aliphatic carbocycles. The third-order valence-corrected chi connectivity index (χ3v) is 4.57. The molecule has 1 aromatic heterocycles. The van der Waals surface area contributed by atoms with E-state index in [-0.39, 0.29) is 11.3 Å². The molecule has 104 valence electrons. The topological polar surface area (TPSA) is 42.2 Å². The first kappa shape index (κ1) is 13.4. The van der Waals surface area contributed by atoms with E-state index in [1.165, 1.54) is 0 Å². The van der Waals surface area contributed by atoms with Crippen molar-refractivity contribution in [3.63, 3.8) is 0 Å². The highest BCUT2D eigenvalue weighted by Gasteiger charge is 2.45. The van der Waals surface area contributed by atoms with Gasteiger partial charge in [0.2, 0.25) is 5.91 Å². The fourth-order valence-corrected chi connectivity index (χ4v) is 2.96. The minimum atomic E-state index is -0.354. The van der Waals surface area contributed by atoms with E-state index in [0.717, 1.165) is 35.1 Å². The first-order valence-corrected chi connectivity index (χ1v) is 7.57. The van der Waals surface area contributed by atoms with Gasteiger partial charge in [-0.25, -0.2) is 0 Å². The highest BCUT2D eigenvalue weighted by molar-refractivity contribution is 9.10. The number of rotatable bonds is 4. The molecule has 0 radical (unpaired) electrons. The van der Waals surface area contributed by atoms with Gasteiger partial charge in [-0.3, -0.25) is 4.79 Å². The first-order chi connectivity index (χ1) is 9.71. The maximum atomic E-state index is 12.6. The second-order valence-electron chi connectivity index (χ2n) is 5.20. The minimum Gasteiger partial charge on any atom is -0.467 e. The molecule has 2 aromatic rings. The SMILES string of the molecule is O=C(NCc1ccco1)C1(c2ccc(Br)cc2)CCC1. The summed E-state index contributed by atoms with van der Waals surface area (Å²) in [5.41, 5.74) is 0.747. The van der Waals surface area contributed by atoms with E-state index in [9.17, 15) is 4.79 Å². The average Bonchev–Trinajstić information content (AvgIpc) is 2.90. The molecule has 1 saturated carbocycles. The molecule has 0 unspecified atom stereocenters. The van der Waals surface area contributed by atoms with E-state index in [2.05, 4.69) is 21.2 Å². The Labute approximate surface area is 126 Å². The molecule has 0 bridgehead atoms. The minimum absolute atomic E-state index is 0.0995. The zero-order valence-corrected chi connectivity index (χ0v) is 12.7. The van der Waals surface area contributed by atoms with Gasteiger partial charge in [0.1, 0.15) is 5.76 Å². The van der Waals surface area contributed by atoms with Crippen molar-refractivity contribution in [3.8, 4) is 0 Å². The van der Waals surface area contributed by atoms with Crippen molar-refractivity contribution in [3.05, 3.63) is 58.5 Å². The van der Waals surface area contributed by atoms with Crippen LogP contribution in [-0.2, 0) is 16.8 Å². The van der Waals surface area contributed by atoms with Crippen molar-refractivity contribution in [2.24, 2.45) is 0 Å². The van der Waals surface area contributed by atoms with Crippen LogP contribution in [0.1, 0.15) is 30.6 Å². The van der Waals surface area contributed by atoms with Gasteiger partial charge < -0.3 is 9.73 Å². The lowest BCUT2D eigenvalue weighted by atomic mass is 9.64. The van der Waals surface area contributed by atoms with Crippen molar-refractivity contribution in [1.82, 2.24) is 5.32 Å². The molecule has 1 aromatic carbocycles. The van der Waals surface area contributed by atoms with Crippen LogP contribution in [0.3, 0.4) is 0 Å². The van der Waals surface area contributed by atoms with Crippen LogP contribution in [0, 0.1) is 0 Å². The molecule has 1 aliphatic rings. The predicted octanol–water partition coefficient (Wildman–Crippen LogP) is 3.78. The molecule has 3 nitrogen and oxygen atoms in total. The molecule has 4 heteroatoms. The van der Waals surface area contributed by atoms with Crippen LogP contribution in [0.15, 0.2) is 51.6 Å². The summed E-state index contributed by atoms with van der Waals surface area (Å²) in [5, 5.41) is 3.00. The Morgan fingerprint density at radius 2 is 2.00 bits per heavy atom. The molecule has 1 N–H and O–H groups in total. The Bertz CT molecular complexity index is 585. The molecule has 20 heavy (non-hydrogen) atoms. The number of nitrogens with one attached hydrogen (secondary N) is 1. The fraction of sp³-hybridized carbons (Fsp3) is 0.312. The second-order valence-corrected chi connectivity index (χ2v) is 6.12. The maximum absolute atomic E-state index is 12.6. The van der Waals surface area contributed by atoms with Crippen LogP contribution >= 0.6 is 15.9 Å². The van der Waals surface area contributed by atoms with Crippen molar-refractivity contribution in [2.45, 2.75) is 31.2 Å². The number of hydrogen-bond acceptors (Lipinski definition) is 2. The molecular formula is C16H16BrNO2. The van der Waals surface area contributed by atoms with E-state index >= 15 is 0 Å². The van der Waals surface area contributed by atoms with Crippen LogP contribution in [0.4, 0.5) is 0 Å². The summed E-state index contributed by atoms with van der Waals surface area (Å²) in [5.74, 6) is 0.881. The zero-order chi connectivity index (χ0) is 14.0. The highest BCUT2D eigenvalue weighted by atomic mass is 79.9. The molecule has 1 heterocycles. The number of amides is 1. The third kappa shape index (κ3) is 2.40. The van der Waals surface area contributed by atoms with E-state index in [1.807, 2.05) is 36.4 Å². The van der Waals surface area contributed by atoms with Crippen LogP contribution < -0.4 is 5.32 Å². The Balaban J connectivity index is 1.74. The van der Waals surface area contributed by atoms with E-state index in [0.29, 0.717) is 6.54 Å². The van der Waals surface area contributed by atoms with Gasteiger partial charge in [-0.1, -0.05) is 34.5 Å². The van der Waals surface area contributed by atoms with Gasteiger partial charge in [-0.15, -0.1) is 0 Å². The molecular weight excluding hydrogens is 318 g/mol. The first-order valence-electron chi connectivity index (χ1n) is 6.77. The van der Waals surface area contributed by atoms with Crippen LogP contribution in [0.2, 0.25) is 0 Å². The average molecular weight is 334 g/mol.